The topological polar surface area (TPSA) is 79.8 Å². The Bertz CT molecular complexity index is 264. The van der Waals surface area contributed by atoms with E-state index in [0.29, 0.717) is 4.90 Å². The van der Waals surface area contributed by atoms with Crippen LogP contribution in [0, 0.1) is 0 Å². The SMILES string of the molecule is O=C1N[CH]([AlH2])C1O[I-]OC1C(O)N[CH]1[AlH2]. The molecule has 15 heavy (non-hydrogen) atoms. The molecule has 3 N–H and O–H groups in total. The van der Waals surface area contributed by atoms with Gasteiger partial charge in [-0.25, -0.2) is 0 Å². The van der Waals surface area contributed by atoms with Gasteiger partial charge in [0.15, 0.2) is 0 Å². The van der Waals surface area contributed by atoms with Crippen molar-refractivity contribution in [1.82, 2.24) is 10.6 Å². The van der Waals surface area contributed by atoms with Gasteiger partial charge in [0, 0.05) is 0 Å². The van der Waals surface area contributed by atoms with Gasteiger partial charge in [0.1, 0.15) is 0 Å². The summed E-state index contributed by atoms with van der Waals surface area (Å²) in [6, 6.07) is 0. The van der Waals surface area contributed by atoms with Gasteiger partial charge in [0.25, 0.3) is 0 Å². The molecule has 2 aliphatic rings. The monoisotopic (exact) mass is 357 g/mol. The summed E-state index contributed by atoms with van der Waals surface area (Å²) in [7, 11) is 0. The van der Waals surface area contributed by atoms with Crippen molar-refractivity contribution in [3.63, 3.8) is 0 Å². The first kappa shape index (κ1) is 12.6. The third kappa shape index (κ3) is 2.68. The first-order chi connectivity index (χ1) is 7.09. The summed E-state index contributed by atoms with van der Waals surface area (Å²) >= 11 is 0.947. The average molecular weight is 357 g/mol. The molecule has 1 amide bonds. The molecule has 2 rings (SSSR count). The molecule has 2 saturated heterocycles. The van der Waals surface area contributed by atoms with Crippen LogP contribution in [0.5, 0.6) is 0 Å². The fourth-order valence-corrected chi connectivity index (χ4v) is 6.12. The molecule has 0 aromatic rings. The first-order valence-corrected chi connectivity index (χ1v) is 8.87. The molecule has 0 aromatic heterocycles. The Kier molecular flexibility index (Phi) is 4.33. The van der Waals surface area contributed by atoms with E-state index in [0.717, 1.165) is 32.6 Å². The molecule has 0 radical (unpaired) electrons. The van der Waals surface area contributed by atoms with Crippen LogP contribution >= 0.6 is 0 Å². The van der Waals surface area contributed by atoms with Crippen molar-refractivity contribution in [1.29, 1.82) is 0 Å². The van der Waals surface area contributed by atoms with Gasteiger partial charge >= 0.3 is 115 Å². The summed E-state index contributed by atoms with van der Waals surface area (Å²) < 4.78 is 10.8. The minimum absolute atomic E-state index is 0.0343. The molecule has 0 bridgehead atoms. The Hall–Kier alpha value is 1.10. The van der Waals surface area contributed by atoms with E-state index in [9.17, 15) is 9.90 Å². The first-order valence-electron chi connectivity index (χ1n) is 4.80. The molecular weight excluding hydrogens is 345 g/mol. The number of β-lactam (4-membered cyclic amide) rings is 1. The second-order valence-electron chi connectivity index (χ2n) is 3.82. The van der Waals surface area contributed by atoms with Crippen LogP contribution in [0.3, 0.4) is 0 Å². The number of nitrogens with one attached hydrogen (secondary N) is 2. The maximum absolute atomic E-state index is 11.0. The number of carbonyl (C=O) groups excluding carboxylic acids is 1. The van der Waals surface area contributed by atoms with E-state index in [2.05, 4.69) is 10.6 Å². The number of hydrogen-bond acceptors (Lipinski definition) is 5. The van der Waals surface area contributed by atoms with Crippen LogP contribution in [0.4, 0.5) is 0 Å². The van der Waals surface area contributed by atoms with Crippen LogP contribution in [-0.2, 0) is 10.9 Å². The van der Waals surface area contributed by atoms with Crippen molar-refractivity contribution in [2.45, 2.75) is 28.2 Å². The Labute approximate surface area is 115 Å². The molecule has 2 aliphatic heterocycles. The predicted molar refractivity (Wildman–Crippen MR) is 51.7 cm³/mol. The molecule has 9 heteroatoms. The fraction of sp³-hybridized carbons (Fsp3) is 0.833. The summed E-state index contributed by atoms with van der Waals surface area (Å²) in [6.07, 6.45) is -0.972. The number of hydrogen-bond donors (Lipinski definition) is 3. The number of aliphatic hydroxyl groups excluding tert-OH is 1. The van der Waals surface area contributed by atoms with Gasteiger partial charge in [-0.05, 0) is 0 Å². The van der Waals surface area contributed by atoms with Gasteiger partial charge in [-0.1, -0.05) is 0 Å². The second-order valence-corrected chi connectivity index (χ2v) is 7.69. The maximum atomic E-state index is 11.0. The predicted octanol–water partition coefficient (Wildman–Crippen LogP) is -7.35. The molecule has 0 aromatic carbocycles. The van der Waals surface area contributed by atoms with E-state index in [4.69, 9.17) is 6.13 Å². The number of rotatable bonds is 4. The van der Waals surface area contributed by atoms with Crippen LogP contribution in [-0.4, -0.2) is 71.8 Å². The van der Waals surface area contributed by atoms with Crippen LogP contribution in [0.15, 0.2) is 0 Å². The molecule has 2 fully saturated rings. The molecule has 6 nitrogen and oxygen atoms in total. The Balaban J connectivity index is 1.64. The van der Waals surface area contributed by atoms with Gasteiger partial charge in [-0.15, -0.1) is 0 Å². The van der Waals surface area contributed by atoms with Crippen molar-refractivity contribution in [3.05, 3.63) is 0 Å². The fourth-order valence-electron chi connectivity index (χ4n) is 1.47. The van der Waals surface area contributed by atoms with Gasteiger partial charge in [0.05, 0.1) is 0 Å². The molecule has 0 saturated carbocycles. The van der Waals surface area contributed by atoms with Crippen LogP contribution in [0.25, 0.3) is 0 Å². The number of amides is 1. The van der Waals surface area contributed by atoms with E-state index in [1.165, 1.54) is 0 Å². The van der Waals surface area contributed by atoms with E-state index >= 15 is 0 Å². The van der Waals surface area contributed by atoms with Gasteiger partial charge in [-0.3, -0.25) is 0 Å². The Morgan fingerprint density at radius 2 is 2.07 bits per heavy atom. The zero-order chi connectivity index (χ0) is 11.0. The molecule has 0 spiro atoms. The quantitative estimate of drug-likeness (QED) is 0.265. The Morgan fingerprint density at radius 3 is 2.53 bits per heavy atom. The summed E-state index contributed by atoms with van der Waals surface area (Å²) in [4.78, 5) is 11.5. The number of carbonyl (C=O) groups is 1. The van der Waals surface area contributed by atoms with Gasteiger partial charge in [0.2, 0.25) is 0 Å². The van der Waals surface area contributed by atoms with E-state index in [1.807, 2.05) is 0 Å². The molecule has 2 heterocycles. The third-order valence-electron chi connectivity index (χ3n) is 2.59. The zero-order valence-corrected chi connectivity index (χ0v) is 14.6. The molecular formula is C6H12Al2IN2O4-. The van der Waals surface area contributed by atoms with E-state index in [1.54, 1.807) is 0 Å². The van der Waals surface area contributed by atoms with Crippen LogP contribution < -0.4 is 32.7 Å². The summed E-state index contributed by atoms with van der Waals surface area (Å²) in [5, 5.41) is 15.0. The zero-order valence-electron chi connectivity index (χ0n) is 8.44. The normalized spacial score (nSPS) is 44.3. The average Bonchev–Trinajstić information content (AvgIpc) is 2.17. The van der Waals surface area contributed by atoms with Crippen molar-refractivity contribution < 1.29 is 38.1 Å². The number of aliphatic hydroxyl groups is 1. The molecule has 5 unspecified atom stereocenters. The van der Waals surface area contributed by atoms with E-state index in [-0.39, 0.29) is 23.0 Å². The second kappa shape index (κ2) is 5.17. The minimum atomic E-state index is -0.891. The van der Waals surface area contributed by atoms with Gasteiger partial charge in [-0.2, -0.15) is 0 Å². The van der Waals surface area contributed by atoms with Crippen molar-refractivity contribution in [3.8, 4) is 0 Å². The van der Waals surface area contributed by atoms with Crippen LogP contribution in [0.1, 0.15) is 0 Å². The van der Waals surface area contributed by atoms with E-state index < -0.39 is 28.3 Å². The standard InChI is InChI=1S/C6H8IN2O4.2Al.4H/c10-5-3(1-8-5)12-7-13-4-2-9-6(4)11;;;;;;/h1-5,8,10H,(H,9,11);;;;;;/q-1;;;;;;. The van der Waals surface area contributed by atoms with Crippen LogP contribution in [0.2, 0.25) is 0 Å². The summed E-state index contributed by atoms with van der Waals surface area (Å²) in [5.74, 6) is -0.0343. The van der Waals surface area contributed by atoms with Gasteiger partial charge < -0.3 is 0 Å². The van der Waals surface area contributed by atoms with Crippen molar-refractivity contribution in [2.24, 2.45) is 0 Å². The van der Waals surface area contributed by atoms with Crippen molar-refractivity contribution in [2.75, 3.05) is 0 Å². The summed E-state index contributed by atoms with van der Waals surface area (Å²) in [6.45, 7) is 0. The van der Waals surface area contributed by atoms with Crippen molar-refractivity contribution >= 4 is 38.5 Å². The molecule has 0 aliphatic carbocycles. The molecule has 5 atom stereocenters. The molecule has 84 valence electrons. The Morgan fingerprint density at radius 1 is 1.33 bits per heavy atom. The third-order valence-corrected chi connectivity index (χ3v) is 6.03. The summed E-state index contributed by atoms with van der Waals surface area (Å²) in [5.41, 5.74) is 0. The number of halogens is 1.